The van der Waals surface area contributed by atoms with Crippen LogP contribution in [-0.2, 0) is 0 Å². The van der Waals surface area contributed by atoms with E-state index in [4.69, 9.17) is 0 Å². The summed E-state index contributed by atoms with van der Waals surface area (Å²) in [7, 11) is 0. The van der Waals surface area contributed by atoms with E-state index in [0.717, 1.165) is 5.69 Å². The molecule has 0 aliphatic heterocycles. The molecule has 3 heteroatoms. The minimum Gasteiger partial charge on any atom is -0.309 e. The Kier molecular flexibility index (Phi) is 6.16. The van der Waals surface area contributed by atoms with Gasteiger partial charge in [-0.1, -0.05) is 121 Å². The van der Waals surface area contributed by atoms with E-state index in [0.29, 0.717) is 0 Å². The van der Waals surface area contributed by atoms with Crippen molar-refractivity contribution in [3.05, 3.63) is 182 Å². The fourth-order valence-electron chi connectivity index (χ4n) is 8.23. The van der Waals surface area contributed by atoms with E-state index in [-0.39, 0.29) is 0 Å². The largest absolute Gasteiger partial charge is 0.309 e. The van der Waals surface area contributed by atoms with Crippen molar-refractivity contribution in [1.82, 2.24) is 9.13 Å². The third kappa shape index (κ3) is 4.29. The monoisotopic (exact) mass is 666 g/mol. The lowest BCUT2D eigenvalue weighted by molar-refractivity contribution is 1.17. The second-order valence-corrected chi connectivity index (χ2v) is 14.4. The zero-order chi connectivity index (χ0) is 33.5. The standard InChI is InChI=1S/C48H30N2S/c1-4-14-31(15-5-1)33-26-34(32-16-6-2-7-17-32)28-36(27-33)49-42-22-12-10-20-37(42)40-29-41-38-24-25-46-47(39-21-11-13-23-45(39)51-46)48(38)50(44(41)30-43(40)49)35-18-8-3-9-19-35/h1-30H. The van der Waals surface area contributed by atoms with Gasteiger partial charge in [0.15, 0.2) is 0 Å². The molecule has 0 bridgehead atoms. The van der Waals surface area contributed by atoms with Crippen LogP contribution in [0.5, 0.6) is 0 Å². The Labute approximate surface area is 298 Å². The van der Waals surface area contributed by atoms with Gasteiger partial charge in [-0.3, -0.25) is 0 Å². The van der Waals surface area contributed by atoms with E-state index in [1.54, 1.807) is 0 Å². The summed E-state index contributed by atoms with van der Waals surface area (Å²) >= 11 is 1.88. The lowest BCUT2D eigenvalue weighted by atomic mass is 9.98. The number of hydrogen-bond donors (Lipinski definition) is 0. The van der Waals surface area contributed by atoms with Gasteiger partial charge in [-0.25, -0.2) is 0 Å². The zero-order valence-electron chi connectivity index (χ0n) is 27.6. The molecule has 0 unspecified atom stereocenters. The number of para-hydroxylation sites is 2. The first-order valence-electron chi connectivity index (χ1n) is 17.4. The number of hydrogen-bond acceptors (Lipinski definition) is 1. The SMILES string of the molecule is c1ccc(-c2cc(-c3ccccc3)cc(-n3c4ccccc4c4cc5c6ccc7sc8ccccc8c7c6n(-c6ccccc6)c5cc43)c2)cc1. The third-order valence-electron chi connectivity index (χ3n) is 10.5. The van der Waals surface area contributed by atoms with E-state index in [2.05, 4.69) is 191 Å². The van der Waals surface area contributed by atoms with E-state index in [9.17, 15) is 0 Å². The van der Waals surface area contributed by atoms with Crippen molar-refractivity contribution in [1.29, 1.82) is 0 Å². The molecule has 0 fully saturated rings. The lowest BCUT2D eigenvalue weighted by Crippen LogP contribution is -1.97. The van der Waals surface area contributed by atoms with Gasteiger partial charge in [-0.15, -0.1) is 11.3 Å². The van der Waals surface area contributed by atoms with Crippen molar-refractivity contribution in [2.24, 2.45) is 0 Å². The van der Waals surface area contributed by atoms with Gasteiger partial charge >= 0.3 is 0 Å². The Balaban J connectivity index is 1.29. The van der Waals surface area contributed by atoms with Gasteiger partial charge in [-0.2, -0.15) is 0 Å². The van der Waals surface area contributed by atoms with Crippen LogP contribution in [0.1, 0.15) is 0 Å². The predicted octanol–water partition coefficient (Wildman–Crippen LogP) is 13.6. The Bertz CT molecular complexity index is 3050. The van der Waals surface area contributed by atoms with Gasteiger partial charge in [0.05, 0.1) is 22.1 Å². The molecule has 0 aliphatic carbocycles. The zero-order valence-corrected chi connectivity index (χ0v) is 28.4. The number of benzene rings is 8. The molecule has 0 saturated carbocycles. The van der Waals surface area contributed by atoms with Crippen LogP contribution in [0.2, 0.25) is 0 Å². The first kappa shape index (κ1) is 28.4. The third-order valence-corrected chi connectivity index (χ3v) is 11.6. The fourth-order valence-corrected chi connectivity index (χ4v) is 9.34. The summed E-state index contributed by atoms with van der Waals surface area (Å²) in [6.45, 7) is 0. The average Bonchev–Trinajstić information content (AvgIpc) is 3.85. The second-order valence-electron chi connectivity index (χ2n) is 13.3. The first-order valence-corrected chi connectivity index (χ1v) is 18.3. The first-order chi connectivity index (χ1) is 25.3. The molecule has 0 N–H and O–H groups in total. The van der Waals surface area contributed by atoms with Gasteiger partial charge in [0.2, 0.25) is 0 Å². The second kappa shape index (κ2) is 11.0. The van der Waals surface area contributed by atoms with Gasteiger partial charge in [0, 0.05) is 53.1 Å². The molecular weight excluding hydrogens is 637 g/mol. The molecule has 3 heterocycles. The van der Waals surface area contributed by atoms with Crippen LogP contribution in [0.15, 0.2) is 182 Å². The van der Waals surface area contributed by atoms with Gasteiger partial charge in [-0.05, 0) is 82.9 Å². The van der Waals surface area contributed by atoms with Crippen LogP contribution in [0, 0.1) is 0 Å². The summed E-state index contributed by atoms with van der Waals surface area (Å²) in [4.78, 5) is 0. The van der Waals surface area contributed by atoms with E-state index in [1.165, 1.54) is 91.7 Å². The highest BCUT2D eigenvalue weighted by Gasteiger charge is 2.22. The van der Waals surface area contributed by atoms with E-state index >= 15 is 0 Å². The highest BCUT2D eigenvalue weighted by molar-refractivity contribution is 7.26. The van der Waals surface area contributed by atoms with Crippen LogP contribution in [-0.4, -0.2) is 9.13 Å². The van der Waals surface area contributed by atoms with Crippen molar-refractivity contribution in [3.63, 3.8) is 0 Å². The molecular formula is C48H30N2S. The molecule has 2 nitrogen and oxygen atoms in total. The van der Waals surface area contributed by atoms with Crippen molar-refractivity contribution >= 4 is 75.1 Å². The maximum atomic E-state index is 2.50. The minimum atomic E-state index is 1.15. The molecule has 0 amide bonds. The Morgan fingerprint density at radius 3 is 1.63 bits per heavy atom. The Hall–Kier alpha value is -6.42. The quantitative estimate of drug-likeness (QED) is 0.177. The van der Waals surface area contributed by atoms with Crippen LogP contribution in [0.4, 0.5) is 0 Å². The summed E-state index contributed by atoms with van der Waals surface area (Å²) in [5.41, 5.74) is 12.0. The molecule has 0 spiro atoms. The highest BCUT2D eigenvalue weighted by Crippen LogP contribution is 2.45. The molecule has 11 aromatic rings. The van der Waals surface area contributed by atoms with Gasteiger partial charge < -0.3 is 9.13 Å². The van der Waals surface area contributed by atoms with Crippen LogP contribution >= 0.6 is 11.3 Å². The predicted molar refractivity (Wildman–Crippen MR) is 219 cm³/mol. The summed E-state index contributed by atoms with van der Waals surface area (Å²) in [6.07, 6.45) is 0. The minimum absolute atomic E-state index is 1.15. The molecule has 238 valence electrons. The van der Waals surface area contributed by atoms with Gasteiger partial charge in [0.25, 0.3) is 0 Å². The smallest absolute Gasteiger partial charge is 0.0634 e. The molecule has 0 saturated heterocycles. The van der Waals surface area contributed by atoms with Gasteiger partial charge in [0.1, 0.15) is 0 Å². The molecule has 3 aromatic heterocycles. The maximum Gasteiger partial charge on any atom is 0.0634 e. The number of fused-ring (bicyclic) bond motifs is 10. The van der Waals surface area contributed by atoms with Crippen LogP contribution < -0.4 is 0 Å². The molecule has 51 heavy (non-hydrogen) atoms. The molecule has 0 atom stereocenters. The van der Waals surface area contributed by atoms with E-state index < -0.39 is 0 Å². The van der Waals surface area contributed by atoms with E-state index in [1.807, 2.05) is 11.3 Å². The number of aromatic nitrogens is 2. The molecule has 11 rings (SSSR count). The highest BCUT2D eigenvalue weighted by atomic mass is 32.1. The Morgan fingerprint density at radius 2 is 0.902 bits per heavy atom. The number of rotatable bonds is 4. The van der Waals surface area contributed by atoms with Crippen LogP contribution in [0.25, 0.3) is 97.4 Å². The van der Waals surface area contributed by atoms with Crippen molar-refractivity contribution in [3.8, 4) is 33.6 Å². The van der Waals surface area contributed by atoms with Crippen molar-refractivity contribution in [2.45, 2.75) is 0 Å². The number of thiophene rings is 1. The summed E-state index contributed by atoms with van der Waals surface area (Å²) < 4.78 is 7.61. The lowest BCUT2D eigenvalue weighted by Gasteiger charge is -2.14. The topological polar surface area (TPSA) is 9.86 Å². The fraction of sp³-hybridized carbons (Fsp3) is 0. The normalized spacial score (nSPS) is 11.9. The average molecular weight is 667 g/mol. The Morgan fingerprint density at radius 1 is 0.314 bits per heavy atom. The molecule has 0 radical (unpaired) electrons. The molecule has 0 aliphatic rings. The maximum absolute atomic E-state index is 2.50. The summed E-state index contributed by atoms with van der Waals surface area (Å²) in [5.74, 6) is 0. The summed E-state index contributed by atoms with van der Waals surface area (Å²) in [5, 5.41) is 7.70. The van der Waals surface area contributed by atoms with Crippen molar-refractivity contribution in [2.75, 3.05) is 0 Å². The number of nitrogens with zero attached hydrogens (tertiary/aromatic N) is 2. The molecule has 8 aromatic carbocycles. The van der Waals surface area contributed by atoms with Crippen molar-refractivity contribution < 1.29 is 0 Å². The van der Waals surface area contributed by atoms with Crippen LogP contribution in [0.3, 0.4) is 0 Å². The summed E-state index contributed by atoms with van der Waals surface area (Å²) in [6, 6.07) is 66.7.